The summed E-state index contributed by atoms with van der Waals surface area (Å²) in [7, 11) is 0. The van der Waals surface area contributed by atoms with E-state index in [2.05, 4.69) is 4.98 Å². The van der Waals surface area contributed by atoms with E-state index in [-0.39, 0.29) is 24.3 Å². The third-order valence-corrected chi connectivity index (χ3v) is 5.10. The lowest BCUT2D eigenvalue weighted by Gasteiger charge is -2.14. The van der Waals surface area contributed by atoms with Crippen LogP contribution in [0.15, 0.2) is 76.4 Å². The van der Waals surface area contributed by atoms with Crippen LogP contribution >= 0.6 is 11.6 Å². The molecule has 5 nitrogen and oxygen atoms in total. The highest BCUT2D eigenvalue weighted by molar-refractivity contribution is 6.31. The van der Waals surface area contributed by atoms with Gasteiger partial charge in [-0.1, -0.05) is 59.6 Å². The fraction of sp³-hybridized carbons (Fsp3) is 0.136. The maximum atomic E-state index is 13.2. The zero-order valence-corrected chi connectivity index (χ0v) is 16.1. The SMILES string of the molecule is Cc1ccc(Cn2c(=O)c3ncccc3n(Cc3ccccc3Cl)c2=O)cc1. The minimum atomic E-state index is -0.392. The predicted molar refractivity (Wildman–Crippen MR) is 111 cm³/mol. The summed E-state index contributed by atoms with van der Waals surface area (Å²) in [6.45, 7) is 2.44. The van der Waals surface area contributed by atoms with Gasteiger partial charge in [0.05, 0.1) is 18.6 Å². The Morgan fingerprint density at radius 1 is 0.893 bits per heavy atom. The van der Waals surface area contributed by atoms with Gasteiger partial charge < -0.3 is 0 Å². The Balaban J connectivity index is 1.91. The Morgan fingerprint density at radius 2 is 1.64 bits per heavy atom. The van der Waals surface area contributed by atoms with E-state index in [1.807, 2.05) is 49.4 Å². The summed E-state index contributed by atoms with van der Waals surface area (Å²) < 4.78 is 2.79. The molecule has 0 aliphatic heterocycles. The van der Waals surface area contributed by atoms with Gasteiger partial charge in [-0.15, -0.1) is 0 Å². The number of pyridine rings is 1. The number of nitrogens with zero attached hydrogens (tertiary/aromatic N) is 3. The zero-order valence-electron chi connectivity index (χ0n) is 15.3. The van der Waals surface area contributed by atoms with E-state index in [1.54, 1.807) is 29.0 Å². The number of hydrogen-bond donors (Lipinski definition) is 0. The number of fused-ring (bicyclic) bond motifs is 1. The quantitative estimate of drug-likeness (QED) is 0.534. The molecule has 28 heavy (non-hydrogen) atoms. The van der Waals surface area contributed by atoms with Gasteiger partial charge in [0, 0.05) is 11.2 Å². The molecule has 4 rings (SSSR count). The van der Waals surface area contributed by atoms with Crippen LogP contribution in [-0.2, 0) is 13.1 Å². The predicted octanol–water partition coefficient (Wildman–Crippen LogP) is 3.62. The molecule has 0 bridgehead atoms. The minimum Gasteiger partial charge on any atom is -0.287 e. The van der Waals surface area contributed by atoms with E-state index in [9.17, 15) is 9.59 Å². The summed E-state index contributed by atoms with van der Waals surface area (Å²) in [5.41, 5.74) is 2.79. The van der Waals surface area contributed by atoms with E-state index in [0.717, 1.165) is 16.7 Å². The van der Waals surface area contributed by atoms with Crippen molar-refractivity contribution in [3.8, 4) is 0 Å². The highest BCUT2D eigenvalue weighted by atomic mass is 35.5. The fourth-order valence-electron chi connectivity index (χ4n) is 3.21. The van der Waals surface area contributed by atoms with E-state index in [1.165, 1.54) is 4.57 Å². The van der Waals surface area contributed by atoms with Crippen LogP contribution in [0.2, 0.25) is 5.02 Å². The van der Waals surface area contributed by atoms with E-state index >= 15 is 0 Å². The highest BCUT2D eigenvalue weighted by Gasteiger charge is 2.15. The number of aromatic nitrogens is 3. The molecule has 2 aromatic carbocycles. The number of aryl methyl sites for hydroxylation is 1. The van der Waals surface area contributed by atoms with Crippen molar-refractivity contribution >= 4 is 22.6 Å². The third-order valence-electron chi connectivity index (χ3n) is 4.73. The Bertz CT molecular complexity index is 1270. The molecule has 0 radical (unpaired) electrons. The molecule has 4 aromatic rings. The summed E-state index contributed by atoms with van der Waals surface area (Å²) in [6.07, 6.45) is 1.56. The third kappa shape index (κ3) is 3.37. The second-order valence-corrected chi connectivity index (χ2v) is 7.12. The van der Waals surface area contributed by atoms with Crippen LogP contribution in [0.4, 0.5) is 0 Å². The van der Waals surface area contributed by atoms with Crippen LogP contribution in [0.1, 0.15) is 16.7 Å². The Kier molecular flexibility index (Phi) is 4.84. The van der Waals surface area contributed by atoms with Gasteiger partial charge in [0.1, 0.15) is 0 Å². The molecule has 0 N–H and O–H groups in total. The van der Waals surface area contributed by atoms with E-state index in [0.29, 0.717) is 10.5 Å². The van der Waals surface area contributed by atoms with Crippen LogP contribution in [0.5, 0.6) is 0 Å². The molecule has 0 unspecified atom stereocenters. The molecule has 140 valence electrons. The summed E-state index contributed by atoms with van der Waals surface area (Å²) in [4.78, 5) is 30.4. The van der Waals surface area contributed by atoms with Crippen molar-refractivity contribution < 1.29 is 0 Å². The first-order valence-corrected chi connectivity index (χ1v) is 9.30. The van der Waals surface area contributed by atoms with Crippen molar-refractivity contribution in [1.82, 2.24) is 14.1 Å². The van der Waals surface area contributed by atoms with E-state index < -0.39 is 5.56 Å². The van der Waals surface area contributed by atoms with Crippen LogP contribution in [-0.4, -0.2) is 14.1 Å². The lowest BCUT2D eigenvalue weighted by molar-refractivity contribution is 0.633. The first kappa shape index (κ1) is 18.2. The normalized spacial score (nSPS) is 11.1. The fourth-order valence-corrected chi connectivity index (χ4v) is 3.40. The number of rotatable bonds is 4. The molecule has 0 saturated heterocycles. The summed E-state index contributed by atoms with van der Waals surface area (Å²) in [5.74, 6) is 0. The van der Waals surface area contributed by atoms with Crippen LogP contribution in [0, 0.1) is 6.92 Å². The first-order valence-electron chi connectivity index (χ1n) is 8.92. The molecule has 0 fully saturated rings. The van der Waals surface area contributed by atoms with Crippen molar-refractivity contribution in [2.24, 2.45) is 0 Å². The second-order valence-electron chi connectivity index (χ2n) is 6.71. The molecular formula is C22H18ClN3O2. The molecule has 0 amide bonds. The van der Waals surface area contributed by atoms with Gasteiger partial charge >= 0.3 is 5.69 Å². The maximum Gasteiger partial charge on any atom is 0.332 e. The van der Waals surface area contributed by atoms with Gasteiger partial charge in [-0.2, -0.15) is 0 Å². The monoisotopic (exact) mass is 391 g/mol. The molecule has 0 aliphatic rings. The Labute approximate surface area is 166 Å². The van der Waals surface area contributed by atoms with Gasteiger partial charge in [-0.3, -0.25) is 13.9 Å². The molecule has 2 heterocycles. The maximum absolute atomic E-state index is 13.2. The van der Waals surface area contributed by atoms with Crippen LogP contribution < -0.4 is 11.2 Å². The Morgan fingerprint density at radius 3 is 2.39 bits per heavy atom. The van der Waals surface area contributed by atoms with Gasteiger partial charge in [0.25, 0.3) is 5.56 Å². The number of benzene rings is 2. The molecule has 2 aromatic heterocycles. The minimum absolute atomic E-state index is 0.187. The van der Waals surface area contributed by atoms with Crippen molar-refractivity contribution in [1.29, 1.82) is 0 Å². The Hall–Kier alpha value is -3.18. The van der Waals surface area contributed by atoms with Crippen molar-refractivity contribution in [2.75, 3.05) is 0 Å². The summed E-state index contributed by atoms with van der Waals surface area (Å²) in [5, 5.41) is 0.572. The van der Waals surface area contributed by atoms with Crippen molar-refractivity contribution in [3.05, 3.63) is 109 Å². The number of halogens is 1. The summed E-state index contributed by atoms with van der Waals surface area (Å²) >= 11 is 6.29. The smallest absolute Gasteiger partial charge is 0.287 e. The second kappa shape index (κ2) is 7.44. The molecule has 6 heteroatoms. The molecule has 0 atom stereocenters. The van der Waals surface area contributed by atoms with Gasteiger partial charge in [0.2, 0.25) is 0 Å². The van der Waals surface area contributed by atoms with Gasteiger partial charge in [-0.05, 0) is 36.2 Å². The zero-order chi connectivity index (χ0) is 19.7. The van der Waals surface area contributed by atoms with Gasteiger partial charge in [0.15, 0.2) is 5.52 Å². The van der Waals surface area contributed by atoms with Crippen molar-refractivity contribution in [2.45, 2.75) is 20.0 Å². The van der Waals surface area contributed by atoms with E-state index in [4.69, 9.17) is 11.6 Å². The molecule has 0 spiro atoms. The molecule has 0 saturated carbocycles. The van der Waals surface area contributed by atoms with Crippen LogP contribution in [0.25, 0.3) is 11.0 Å². The van der Waals surface area contributed by atoms with Gasteiger partial charge in [-0.25, -0.2) is 9.78 Å². The first-order chi connectivity index (χ1) is 13.5. The lowest BCUT2D eigenvalue weighted by atomic mass is 10.1. The largest absolute Gasteiger partial charge is 0.332 e. The summed E-state index contributed by atoms with van der Waals surface area (Å²) in [6, 6.07) is 18.6. The standard InChI is InChI=1S/C22H18ClN3O2/c1-15-8-10-16(11-9-15)13-26-21(27)20-19(7-4-12-24-20)25(22(26)28)14-17-5-2-3-6-18(17)23/h2-12H,13-14H2,1H3. The number of hydrogen-bond acceptors (Lipinski definition) is 3. The molecule has 0 aliphatic carbocycles. The average molecular weight is 392 g/mol. The average Bonchev–Trinajstić information content (AvgIpc) is 2.71. The van der Waals surface area contributed by atoms with Crippen LogP contribution in [0.3, 0.4) is 0 Å². The molecular weight excluding hydrogens is 374 g/mol. The highest BCUT2D eigenvalue weighted by Crippen LogP contribution is 2.17. The van der Waals surface area contributed by atoms with Crippen molar-refractivity contribution in [3.63, 3.8) is 0 Å². The lowest BCUT2D eigenvalue weighted by Crippen LogP contribution is -2.40. The topological polar surface area (TPSA) is 56.9 Å².